The number of carbonyl (C=O) groups is 1. The molecule has 1 atom stereocenters. The molecule has 1 heterocycles. The predicted molar refractivity (Wildman–Crippen MR) is 64.7 cm³/mol. The first-order chi connectivity index (χ1) is 8.66. The summed E-state index contributed by atoms with van der Waals surface area (Å²) in [5, 5.41) is 20.8. The van der Waals surface area contributed by atoms with Crippen LogP contribution in [0, 0.1) is 5.92 Å². The number of rotatable bonds is 4. The molecule has 1 fully saturated rings. The molecule has 0 unspecified atom stereocenters. The average molecular weight is 249 g/mol. The van der Waals surface area contributed by atoms with E-state index in [9.17, 15) is 15.0 Å². The number of nitrogens with one attached hydrogen (secondary N) is 1. The van der Waals surface area contributed by atoms with Gasteiger partial charge in [-0.25, -0.2) is 0 Å². The molecule has 1 aliphatic heterocycles. The van der Waals surface area contributed by atoms with Gasteiger partial charge in [0.2, 0.25) is 0 Å². The Bertz CT molecular complexity index is 385. The molecular weight excluding hydrogens is 230 g/mol. The Morgan fingerprint density at radius 2 is 1.94 bits per heavy atom. The highest BCUT2D eigenvalue weighted by Crippen LogP contribution is 2.11. The van der Waals surface area contributed by atoms with Gasteiger partial charge in [-0.15, -0.1) is 0 Å². The van der Waals surface area contributed by atoms with Crippen LogP contribution in [0.1, 0.15) is 24.5 Å². The lowest BCUT2D eigenvalue weighted by Gasteiger charge is -2.30. The van der Waals surface area contributed by atoms with E-state index in [4.69, 9.17) is 0 Å². The minimum Gasteiger partial charge on any atom is -0.550 e. The normalized spacial score (nSPS) is 25.6. The molecule has 98 valence electrons. The highest BCUT2D eigenvalue weighted by atomic mass is 16.4. The van der Waals surface area contributed by atoms with E-state index < -0.39 is 12.1 Å². The third kappa shape index (κ3) is 3.31. The van der Waals surface area contributed by atoms with E-state index in [1.165, 1.54) is 4.90 Å². The standard InChI is InChI=1S/C14H19NO3/c16-13(11-4-2-1-3-5-11)10-15-8-6-12(7-9-15)14(17)18/h1-5,12-13,16H,6-10H2,(H,17,18)/t13-/m1/s1. The second-order valence-electron chi connectivity index (χ2n) is 4.97. The van der Waals surface area contributed by atoms with Crippen LogP contribution in [-0.4, -0.2) is 30.7 Å². The SMILES string of the molecule is O=C([O-])C1CC[NH+](C[C@@H](O)c2ccccc2)CC1. The summed E-state index contributed by atoms with van der Waals surface area (Å²) in [7, 11) is 0. The van der Waals surface area contributed by atoms with Gasteiger partial charge in [-0.2, -0.15) is 0 Å². The van der Waals surface area contributed by atoms with Gasteiger partial charge in [-0.3, -0.25) is 0 Å². The summed E-state index contributed by atoms with van der Waals surface area (Å²) in [6, 6.07) is 9.58. The lowest BCUT2D eigenvalue weighted by Crippen LogP contribution is -3.13. The maximum Gasteiger partial charge on any atom is 0.128 e. The summed E-state index contributed by atoms with van der Waals surface area (Å²) in [5.41, 5.74) is 0.923. The number of carboxylic acid groups (broad SMARTS) is 1. The number of piperidine rings is 1. The Hall–Kier alpha value is -1.39. The highest BCUT2D eigenvalue weighted by molar-refractivity contribution is 5.67. The molecule has 0 amide bonds. The number of carbonyl (C=O) groups excluding carboxylic acids is 1. The Balaban J connectivity index is 1.83. The molecule has 0 spiro atoms. The van der Waals surface area contributed by atoms with Crippen molar-refractivity contribution in [3.05, 3.63) is 35.9 Å². The fourth-order valence-corrected chi connectivity index (χ4v) is 2.53. The largest absolute Gasteiger partial charge is 0.550 e. The molecule has 4 nitrogen and oxygen atoms in total. The molecule has 0 bridgehead atoms. The molecule has 18 heavy (non-hydrogen) atoms. The summed E-state index contributed by atoms with van der Waals surface area (Å²) in [4.78, 5) is 12.0. The van der Waals surface area contributed by atoms with Crippen molar-refractivity contribution in [3.63, 3.8) is 0 Å². The molecule has 2 rings (SSSR count). The van der Waals surface area contributed by atoms with Crippen LogP contribution in [0.15, 0.2) is 30.3 Å². The van der Waals surface area contributed by atoms with Crippen molar-refractivity contribution in [2.24, 2.45) is 5.92 Å². The fraction of sp³-hybridized carbons (Fsp3) is 0.500. The van der Waals surface area contributed by atoms with Crippen LogP contribution in [0.2, 0.25) is 0 Å². The van der Waals surface area contributed by atoms with Crippen molar-refractivity contribution < 1.29 is 19.9 Å². The van der Waals surface area contributed by atoms with Crippen molar-refractivity contribution in [1.82, 2.24) is 0 Å². The van der Waals surface area contributed by atoms with Gasteiger partial charge < -0.3 is 19.9 Å². The van der Waals surface area contributed by atoms with Gasteiger partial charge in [0.1, 0.15) is 12.6 Å². The van der Waals surface area contributed by atoms with Crippen LogP contribution < -0.4 is 10.0 Å². The predicted octanol–water partition coefficient (Wildman–Crippen LogP) is -1.24. The van der Waals surface area contributed by atoms with Crippen LogP contribution >= 0.6 is 0 Å². The van der Waals surface area contributed by atoms with Crippen LogP contribution in [0.5, 0.6) is 0 Å². The van der Waals surface area contributed by atoms with Gasteiger partial charge in [0, 0.05) is 24.7 Å². The topological polar surface area (TPSA) is 64.8 Å². The number of benzene rings is 1. The van der Waals surface area contributed by atoms with E-state index in [0.29, 0.717) is 19.4 Å². The molecule has 4 heteroatoms. The first-order valence-corrected chi connectivity index (χ1v) is 6.44. The molecular formula is C14H19NO3. The monoisotopic (exact) mass is 249 g/mol. The maximum atomic E-state index is 10.7. The van der Waals surface area contributed by atoms with Gasteiger partial charge in [0.25, 0.3) is 0 Å². The zero-order valence-electron chi connectivity index (χ0n) is 10.3. The molecule has 1 saturated heterocycles. The van der Waals surface area contributed by atoms with E-state index in [2.05, 4.69) is 0 Å². The number of hydrogen-bond donors (Lipinski definition) is 2. The molecule has 0 saturated carbocycles. The third-order valence-corrected chi connectivity index (χ3v) is 3.69. The average Bonchev–Trinajstić information content (AvgIpc) is 2.40. The number of likely N-dealkylation sites (tertiary alicyclic amines) is 1. The molecule has 1 aromatic carbocycles. The molecule has 0 aromatic heterocycles. The minimum absolute atomic E-state index is 0.303. The first-order valence-electron chi connectivity index (χ1n) is 6.44. The first kappa shape index (κ1) is 13.1. The number of aliphatic carboxylic acids is 1. The summed E-state index contributed by atoms with van der Waals surface area (Å²) >= 11 is 0. The lowest BCUT2D eigenvalue weighted by atomic mass is 9.96. The molecule has 1 aliphatic rings. The number of quaternary nitrogens is 1. The molecule has 0 radical (unpaired) electrons. The third-order valence-electron chi connectivity index (χ3n) is 3.69. The maximum absolute atomic E-state index is 10.7. The lowest BCUT2D eigenvalue weighted by molar-refractivity contribution is -0.909. The van der Waals surface area contributed by atoms with E-state index in [1.807, 2.05) is 30.3 Å². The van der Waals surface area contributed by atoms with Gasteiger partial charge in [-0.1, -0.05) is 30.3 Å². The zero-order chi connectivity index (χ0) is 13.0. The van der Waals surface area contributed by atoms with E-state index in [-0.39, 0.29) is 5.92 Å². The number of hydrogen-bond acceptors (Lipinski definition) is 3. The molecule has 2 N–H and O–H groups in total. The number of aliphatic hydroxyl groups excluding tert-OH is 1. The molecule has 1 aromatic rings. The van der Waals surface area contributed by atoms with Crippen LogP contribution in [0.4, 0.5) is 0 Å². The van der Waals surface area contributed by atoms with E-state index in [0.717, 1.165) is 18.7 Å². The van der Waals surface area contributed by atoms with Gasteiger partial charge in [-0.05, 0) is 5.56 Å². The van der Waals surface area contributed by atoms with Crippen molar-refractivity contribution in [2.75, 3.05) is 19.6 Å². The van der Waals surface area contributed by atoms with Gasteiger partial charge in [0.15, 0.2) is 0 Å². The smallest absolute Gasteiger partial charge is 0.128 e. The second-order valence-corrected chi connectivity index (χ2v) is 4.97. The summed E-state index contributed by atoms with van der Waals surface area (Å²) in [5.74, 6) is -1.24. The quantitative estimate of drug-likeness (QED) is 0.702. The number of aliphatic hydroxyl groups is 1. The minimum atomic E-state index is -0.933. The van der Waals surface area contributed by atoms with E-state index in [1.54, 1.807) is 0 Å². The Kier molecular flexibility index (Phi) is 4.33. The van der Waals surface area contributed by atoms with Crippen LogP contribution in [0.3, 0.4) is 0 Å². The number of carboxylic acids is 1. The van der Waals surface area contributed by atoms with Crippen LogP contribution in [0.25, 0.3) is 0 Å². The summed E-state index contributed by atoms with van der Waals surface area (Å²) in [6.07, 6.45) is 0.832. The van der Waals surface area contributed by atoms with Crippen molar-refractivity contribution in [2.45, 2.75) is 18.9 Å². The Morgan fingerprint density at radius 1 is 1.33 bits per heavy atom. The summed E-state index contributed by atoms with van der Waals surface area (Å²) < 4.78 is 0. The zero-order valence-corrected chi connectivity index (χ0v) is 10.3. The Labute approximate surface area is 107 Å². The van der Waals surface area contributed by atoms with Crippen LogP contribution in [-0.2, 0) is 4.79 Å². The highest BCUT2D eigenvalue weighted by Gasteiger charge is 2.24. The van der Waals surface area contributed by atoms with Crippen molar-refractivity contribution in [3.8, 4) is 0 Å². The Morgan fingerprint density at radius 3 is 2.50 bits per heavy atom. The fourth-order valence-electron chi connectivity index (χ4n) is 2.53. The van der Waals surface area contributed by atoms with Gasteiger partial charge in [0.05, 0.1) is 13.1 Å². The van der Waals surface area contributed by atoms with Crippen molar-refractivity contribution in [1.29, 1.82) is 0 Å². The second kappa shape index (κ2) is 5.98. The van der Waals surface area contributed by atoms with Gasteiger partial charge >= 0.3 is 0 Å². The summed E-state index contributed by atoms with van der Waals surface area (Å²) in [6.45, 7) is 2.23. The van der Waals surface area contributed by atoms with E-state index >= 15 is 0 Å². The molecule has 0 aliphatic carbocycles. The van der Waals surface area contributed by atoms with Crippen molar-refractivity contribution >= 4 is 5.97 Å².